The van der Waals surface area contributed by atoms with Crippen LogP contribution in [0.15, 0.2) is 10.8 Å². The van der Waals surface area contributed by atoms with E-state index < -0.39 is 0 Å². The Bertz CT molecular complexity index is 519. The van der Waals surface area contributed by atoms with Crippen LogP contribution in [-0.2, 0) is 0 Å². The summed E-state index contributed by atoms with van der Waals surface area (Å²) < 4.78 is 0. The standard InChI is InChI=1S/C13H20N4S/c1-8(2)5-14-13-16-11-7-18-6-10(11)12(17-13)15-9(3)4/h6-9H,5H2,1-4H3,(H2,14,15,16,17). The number of thiophene rings is 1. The Morgan fingerprint density at radius 1 is 1.17 bits per heavy atom. The van der Waals surface area contributed by atoms with E-state index in [0.29, 0.717) is 17.9 Å². The normalized spacial score (nSPS) is 11.4. The minimum absolute atomic E-state index is 0.362. The highest BCUT2D eigenvalue weighted by atomic mass is 32.1. The van der Waals surface area contributed by atoms with E-state index >= 15 is 0 Å². The van der Waals surface area contributed by atoms with Crippen molar-refractivity contribution in [1.82, 2.24) is 9.97 Å². The predicted octanol–water partition coefficient (Wildman–Crippen LogP) is 3.58. The molecule has 5 heteroatoms. The largest absolute Gasteiger partial charge is 0.367 e. The maximum atomic E-state index is 4.56. The minimum atomic E-state index is 0.362. The Kier molecular flexibility index (Phi) is 4.01. The van der Waals surface area contributed by atoms with Crippen LogP contribution in [0.4, 0.5) is 11.8 Å². The molecule has 0 saturated heterocycles. The Hall–Kier alpha value is -1.36. The number of nitrogens with one attached hydrogen (secondary N) is 2. The quantitative estimate of drug-likeness (QED) is 0.866. The van der Waals surface area contributed by atoms with Crippen molar-refractivity contribution in [2.75, 3.05) is 17.2 Å². The third-order valence-corrected chi connectivity index (χ3v) is 3.17. The summed E-state index contributed by atoms with van der Waals surface area (Å²) >= 11 is 1.66. The molecular weight excluding hydrogens is 244 g/mol. The van der Waals surface area contributed by atoms with Gasteiger partial charge in [0.15, 0.2) is 0 Å². The molecule has 2 aromatic rings. The molecule has 0 aliphatic carbocycles. The van der Waals surface area contributed by atoms with Gasteiger partial charge in [-0.15, -0.1) is 11.3 Å². The molecule has 0 spiro atoms. The van der Waals surface area contributed by atoms with Gasteiger partial charge in [-0.1, -0.05) is 13.8 Å². The van der Waals surface area contributed by atoms with Gasteiger partial charge in [-0.3, -0.25) is 0 Å². The number of hydrogen-bond acceptors (Lipinski definition) is 5. The molecule has 2 rings (SSSR count). The topological polar surface area (TPSA) is 49.8 Å². The van der Waals surface area contributed by atoms with Gasteiger partial charge >= 0.3 is 0 Å². The van der Waals surface area contributed by atoms with Gasteiger partial charge in [0.2, 0.25) is 5.95 Å². The van der Waals surface area contributed by atoms with Gasteiger partial charge < -0.3 is 10.6 Å². The molecular formula is C13H20N4S. The minimum Gasteiger partial charge on any atom is -0.367 e. The van der Waals surface area contributed by atoms with E-state index in [2.05, 4.69) is 59.1 Å². The average Bonchev–Trinajstić information content (AvgIpc) is 2.73. The van der Waals surface area contributed by atoms with Crippen molar-refractivity contribution >= 4 is 34.0 Å². The van der Waals surface area contributed by atoms with Gasteiger partial charge in [0.25, 0.3) is 0 Å². The summed E-state index contributed by atoms with van der Waals surface area (Å²) in [7, 11) is 0. The number of rotatable bonds is 5. The molecule has 0 aromatic carbocycles. The highest BCUT2D eigenvalue weighted by Gasteiger charge is 2.09. The molecule has 2 N–H and O–H groups in total. The van der Waals surface area contributed by atoms with Crippen molar-refractivity contribution < 1.29 is 0 Å². The maximum absolute atomic E-state index is 4.56. The third-order valence-electron chi connectivity index (χ3n) is 2.43. The van der Waals surface area contributed by atoms with Crippen LogP contribution in [0.3, 0.4) is 0 Å². The van der Waals surface area contributed by atoms with E-state index in [1.54, 1.807) is 11.3 Å². The fraction of sp³-hybridized carbons (Fsp3) is 0.538. The van der Waals surface area contributed by atoms with Gasteiger partial charge in [0.1, 0.15) is 5.82 Å². The van der Waals surface area contributed by atoms with Gasteiger partial charge in [0.05, 0.1) is 10.9 Å². The van der Waals surface area contributed by atoms with Gasteiger partial charge in [-0.05, 0) is 19.8 Å². The van der Waals surface area contributed by atoms with E-state index in [4.69, 9.17) is 0 Å². The molecule has 0 aliphatic rings. The fourth-order valence-corrected chi connectivity index (χ4v) is 2.36. The molecule has 0 aliphatic heterocycles. The van der Waals surface area contributed by atoms with Crippen LogP contribution in [0, 0.1) is 5.92 Å². The smallest absolute Gasteiger partial charge is 0.225 e. The van der Waals surface area contributed by atoms with Crippen LogP contribution in [0.1, 0.15) is 27.7 Å². The zero-order chi connectivity index (χ0) is 13.1. The molecule has 0 atom stereocenters. The van der Waals surface area contributed by atoms with Crippen molar-refractivity contribution in [3.8, 4) is 0 Å². The molecule has 2 heterocycles. The van der Waals surface area contributed by atoms with Crippen LogP contribution in [0.2, 0.25) is 0 Å². The average molecular weight is 264 g/mol. The van der Waals surface area contributed by atoms with Crippen molar-refractivity contribution in [3.05, 3.63) is 10.8 Å². The second-order valence-electron chi connectivity index (χ2n) is 5.14. The lowest BCUT2D eigenvalue weighted by Crippen LogP contribution is -2.14. The van der Waals surface area contributed by atoms with Crippen molar-refractivity contribution in [2.45, 2.75) is 33.7 Å². The van der Waals surface area contributed by atoms with E-state index in [1.165, 1.54) is 0 Å². The lowest BCUT2D eigenvalue weighted by atomic mass is 10.2. The molecule has 18 heavy (non-hydrogen) atoms. The lowest BCUT2D eigenvalue weighted by Gasteiger charge is -2.13. The Balaban J connectivity index is 2.31. The SMILES string of the molecule is CC(C)CNc1nc(NC(C)C)c2cscc2n1. The van der Waals surface area contributed by atoms with Crippen molar-refractivity contribution in [3.63, 3.8) is 0 Å². The molecule has 0 fully saturated rings. The summed E-state index contributed by atoms with van der Waals surface area (Å²) in [5.41, 5.74) is 1.00. The number of nitrogens with zero attached hydrogens (tertiary/aromatic N) is 2. The van der Waals surface area contributed by atoms with Gasteiger partial charge in [-0.2, -0.15) is 4.98 Å². The van der Waals surface area contributed by atoms with Crippen LogP contribution in [0.5, 0.6) is 0 Å². The molecule has 2 aromatic heterocycles. The van der Waals surface area contributed by atoms with Crippen molar-refractivity contribution in [1.29, 1.82) is 0 Å². The summed E-state index contributed by atoms with van der Waals surface area (Å²) in [6.07, 6.45) is 0. The monoisotopic (exact) mass is 264 g/mol. The fourth-order valence-electron chi connectivity index (χ4n) is 1.62. The predicted molar refractivity (Wildman–Crippen MR) is 79.5 cm³/mol. The zero-order valence-corrected chi connectivity index (χ0v) is 12.1. The van der Waals surface area contributed by atoms with Crippen LogP contribution >= 0.6 is 11.3 Å². The number of anilines is 2. The van der Waals surface area contributed by atoms with Crippen LogP contribution < -0.4 is 10.6 Å². The van der Waals surface area contributed by atoms with E-state index in [0.717, 1.165) is 23.3 Å². The number of hydrogen-bond donors (Lipinski definition) is 2. The van der Waals surface area contributed by atoms with Gasteiger partial charge in [-0.25, -0.2) is 4.98 Å². The Labute approximate surface area is 112 Å². The van der Waals surface area contributed by atoms with E-state index in [1.807, 2.05) is 0 Å². The Morgan fingerprint density at radius 3 is 2.61 bits per heavy atom. The second-order valence-corrected chi connectivity index (χ2v) is 5.88. The Morgan fingerprint density at radius 2 is 1.94 bits per heavy atom. The molecule has 4 nitrogen and oxygen atoms in total. The van der Waals surface area contributed by atoms with Gasteiger partial charge in [0, 0.05) is 23.3 Å². The molecule has 98 valence electrons. The zero-order valence-electron chi connectivity index (χ0n) is 11.3. The molecule has 0 bridgehead atoms. The highest BCUT2D eigenvalue weighted by Crippen LogP contribution is 2.25. The number of fused-ring (bicyclic) bond motifs is 1. The summed E-state index contributed by atoms with van der Waals surface area (Å²) in [5.74, 6) is 2.20. The summed E-state index contributed by atoms with van der Waals surface area (Å²) in [6.45, 7) is 9.45. The van der Waals surface area contributed by atoms with E-state index in [9.17, 15) is 0 Å². The third kappa shape index (κ3) is 3.10. The van der Waals surface area contributed by atoms with E-state index in [-0.39, 0.29) is 0 Å². The first kappa shape index (κ1) is 13.1. The van der Waals surface area contributed by atoms with Crippen LogP contribution in [-0.4, -0.2) is 22.6 Å². The second kappa shape index (κ2) is 5.52. The van der Waals surface area contributed by atoms with Crippen LogP contribution in [0.25, 0.3) is 10.9 Å². The first-order valence-corrected chi connectivity index (χ1v) is 7.25. The summed E-state index contributed by atoms with van der Waals surface area (Å²) in [6, 6.07) is 0.362. The summed E-state index contributed by atoms with van der Waals surface area (Å²) in [5, 5.41) is 11.9. The maximum Gasteiger partial charge on any atom is 0.225 e. The number of aromatic nitrogens is 2. The molecule has 0 radical (unpaired) electrons. The molecule has 0 amide bonds. The highest BCUT2D eigenvalue weighted by molar-refractivity contribution is 7.09. The lowest BCUT2D eigenvalue weighted by molar-refractivity contribution is 0.685. The van der Waals surface area contributed by atoms with Crippen molar-refractivity contribution in [2.24, 2.45) is 5.92 Å². The summed E-state index contributed by atoms with van der Waals surface area (Å²) in [4.78, 5) is 9.08. The first-order chi connectivity index (χ1) is 8.56. The molecule has 0 saturated carbocycles. The molecule has 0 unspecified atom stereocenters. The first-order valence-electron chi connectivity index (χ1n) is 6.30.